The number of amides is 2. The molecular formula is C23H22N2O4. The summed E-state index contributed by atoms with van der Waals surface area (Å²) in [6, 6.07) is 19.5. The molecule has 0 saturated carbocycles. The molecule has 29 heavy (non-hydrogen) atoms. The van der Waals surface area contributed by atoms with Crippen molar-refractivity contribution in [3.05, 3.63) is 77.9 Å². The topological polar surface area (TPSA) is 84.5 Å². The van der Waals surface area contributed by atoms with Crippen LogP contribution in [0.2, 0.25) is 0 Å². The van der Waals surface area contributed by atoms with E-state index in [-0.39, 0.29) is 17.9 Å². The van der Waals surface area contributed by atoms with E-state index in [2.05, 4.69) is 10.6 Å². The number of hydrogen-bond donors (Lipinski definition) is 2. The maximum Gasteiger partial charge on any atom is 0.328 e. The van der Waals surface area contributed by atoms with Gasteiger partial charge < -0.3 is 15.4 Å². The minimum atomic E-state index is -0.872. The molecule has 1 atom stereocenters. The zero-order chi connectivity index (χ0) is 20.8. The molecule has 6 nitrogen and oxygen atoms in total. The molecule has 3 aromatic carbocycles. The van der Waals surface area contributed by atoms with Crippen LogP contribution in [0, 0.1) is 0 Å². The van der Waals surface area contributed by atoms with Gasteiger partial charge in [-0.1, -0.05) is 54.6 Å². The average molecular weight is 390 g/mol. The molecule has 0 fully saturated rings. The molecule has 0 aliphatic heterocycles. The van der Waals surface area contributed by atoms with Crippen molar-refractivity contribution in [3.63, 3.8) is 0 Å². The normalized spacial score (nSPS) is 11.5. The highest BCUT2D eigenvalue weighted by atomic mass is 16.5. The first-order chi connectivity index (χ1) is 14.0. The number of hydrogen-bond acceptors (Lipinski definition) is 4. The standard InChI is InChI=1S/C23H22N2O4/c1-15(26)24-20-13-6-5-12-19(20)22(27)25-21(23(28)29-2)14-17-10-7-9-16-8-3-4-11-18(16)17/h3-13,21H,14H2,1-2H3,(H,24,26)(H,25,27)/t21-/m1/s1. The lowest BCUT2D eigenvalue weighted by atomic mass is 9.98. The highest BCUT2D eigenvalue weighted by Crippen LogP contribution is 2.21. The van der Waals surface area contributed by atoms with E-state index >= 15 is 0 Å². The number of anilines is 1. The third-order valence-corrected chi connectivity index (χ3v) is 4.58. The first-order valence-corrected chi connectivity index (χ1v) is 9.21. The molecule has 148 valence electrons. The number of ether oxygens (including phenoxy) is 1. The Morgan fingerprint density at radius 2 is 1.62 bits per heavy atom. The maximum absolute atomic E-state index is 12.9. The summed E-state index contributed by atoms with van der Waals surface area (Å²) in [5.74, 6) is -1.29. The number of fused-ring (bicyclic) bond motifs is 1. The van der Waals surface area contributed by atoms with Gasteiger partial charge in [0.2, 0.25) is 5.91 Å². The van der Waals surface area contributed by atoms with Gasteiger partial charge in [0, 0.05) is 13.3 Å². The van der Waals surface area contributed by atoms with E-state index in [1.807, 2.05) is 42.5 Å². The molecule has 2 amide bonds. The minimum absolute atomic E-state index is 0.273. The lowest BCUT2D eigenvalue weighted by molar-refractivity contribution is -0.142. The summed E-state index contributed by atoms with van der Waals surface area (Å²) in [6.07, 6.45) is 0.280. The van der Waals surface area contributed by atoms with Gasteiger partial charge in [-0.05, 0) is 28.5 Å². The minimum Gasteiger partial charge on any atom is -0.467 e. The zero-order valence-corrected chi connectivity index (χ0v) is 16.3. The molecule has 0 aliphatic rings. The second-order valence-corrected chi connectivity index (χ2v) is 6.62. The Morgan fingerprint density at radius 1 is 0.931 bits per heavy atom. The van der Waals surface area contributed by atoms with Crippen LogP contribution in [0.15, 0.2) is 66.7 Å². The molecule has 3 rings (SSSR count). The fraction of sp³-hybridized carbons (Fsp3) is 0.174. The smallest absolute Gasteiger partial charge is 0.328 e. The number of nitrogens with one attached hydrogen (secondary N) is 2. The van der Waals surface area contributed by atoms with Crippen molar-refractivity contribution in [2.45, 2.75) is 19.4 Å². The summed E-state index contributed by atoms with van der Waals surface area (Å²) < 4.78 is 4.90. The molecule has 0 aliphatic carbocycles. The second kappa shape index (κ2) is 9.01. The van der Waals surface area contributed by atoms with E-state index in [4.69, 9.17) is 4.74 Å². The Hall–Kier alpha value is -3.67. The summed E-state index contributed by atoms with van der Waals surface area (Å²) in [4.78, 5) is 36.7. The number of para-hydroxylation sites is 1. The second-order valence-electron chi connectivity index (χ2n) is 6.62. The van der Waals surface area contributed by atoms with Crippen LogP contribution in [0.25, 0.3) is 10.8 Å². The van der Waals surface area contributed by atoms with Crippen LogP contribution in [-0.4, -0.2) is 30.9 Å². The molecule has 0 heterocycles. The zero-order valence-electron chi connectivity index (χ0n) is 16.3. The van der Waals surface area contributed by atoms with E-state index in [0.717, 1.165) is 16.3 Å². The van der Waals surface area contributed by atoms with E-state index < -0.39 is 17.9 Å². The van der Waals surface area contributed by atoms with E-state index in [9.17, 15) is 14.4 Å². The van der Waals surface area contributed by atoms with Crippen molar-refractivity contribution in [1.82, 2.24) is 5.32 Å². The lowest BCUT2D eigenvalue weighted by Gasteiger charge is -2.19. The predicted molar refractivity (Wildman–Crippen MR) is 112 cm³/mol. The van der Waals surface area contributed by atoms with E-state index in [0.29, 0.717) is 5.69 Å². The van der Waals surface area contributed by atoms with Crippen LogP contribution >= 0.6 is 0 Å². The van der Waals surface area contributed by atoms with Crippen LogP contribution in [0.4, 0.5) is 5.69 Å². The van der Waals surface area contributed by atoms with Crippen LogP contribution < -0.4 is 10.6 Å². The van der Waals surface area contributed by atoms with Crippen LogP contribution in [0.5, 0.6) is 0 Å². The van der Waals surface area contributed by atoms with Crippen molar-refractivity contribution in [1.29, 1.82) is 0 Å². The predicted octanol–water partition coefficient (Wildman–Crippen LogP) is 3.31. The third kappa shape index (κ3) is 4.79. The van der Waals surface area contributed by atoms with Gasteiger partial charge in [-0.15, -0.1) is 0 Å². The van der Waals surface area contributed by atoms with Crippen LogP contribution in [-0.2, 0) is 20.7 Å². The highest BCUT2D eigenvalue weighted by Gasteiger charge is 2.24. The maximum atomic E-state index is 12.9. The van der Waals surface area contributed by atoms with Gasteiger partial charge in [-0.3, -0.25) is 9.59 Å². The van der Waals surface area contributed by atoms with Gasteiger partial charge in [0.05, 0.1) is 18.4 Å². The monoisotopic (exact) mass is 390 g/mol. The SMILES string of the molecule is COC(=O)[C@@H](Cc1cccc2ccccc12)NC(=O)c1ccccc1NC(C)=O. The van der Waals surface area contributed by atoms with Crippen LogP contribution in [0.1, 0.15) is 22.8 Å². The lowest BCUT2D eigenvalue weighted by Crippen LogP contribution is -2.43. The fourth-order valence-electron chi connectivity index (χ4n) is 3.24. The quantitative estimate of drug-likeness (QED) is 0.633. The molecule has 3 aromatic rings. The summed E-state index contributed by atoms with van der Waals surface area (Å²) in [5.41, 5.74) is 1.58. The first-order valence-electron chi connectivity index (χ1n) is 9.21. The van der Waals surface area contributed by atoms with Crippen LogP contribution in [0.3, 0.4) is 0 Å². The average Bonchev–Trinajstić information content (AvgIpc) is 2.72. The number of esters is 1. The van der Waals surface area contributed by atoms with Crippen molar-refractivity contribution < 1.29 is 19.1 Å². The summed E-state index contributed by atoms with van der Waals surface area (Å²) in [7, 11) is 1.29. The summed E-state index contributed by atoms with van der Waals surface area (Å²) in [6.45, 7) is 1.37. The molecule has 0 bridgehead atoms. The number of benzene rings is 3. The molecule has 6 heteroatoms. The Morgan fingerprint density at radius 3 is 2.38 bits per heavy atom. The molecule has 2 N–H and O–H groups in total. The van der Waals surface area contributed by atoms with E-state index in [1.165, 1.54) is 14.0 Å². The summed E-state index contributed by atoms with van der Waals surface area (Å²) in [5, 5.41) is 7.44. The number of methoxy groups -OCH3 is 1. The van der Waals surface area contributed by atoms with Gasteiger partial charge in [-0.25, -0.2) is 4.79 Å². The van der Waals surface area contributed by atoms with Crippen molar-refractivity contribution >= 4 is 34.2 Å². The van der Waals surface area contributed by atoms with E-state index in [1.54, 1.807) is 24.3 Å². The number of carbonyl (C=O) groups is 3. The van der Waals surface area contributed by atoms with Gasteiger partial charge in [0.25, 0.3) is 5.91 Å². The number of rotatable bonds is 6. The molecular weight excluding hydrogens is 368 g/mol. The fourth-order valence-corrected chi connectivity index (χ4v) is 3.24. The Labute approximate surface area is 168 Å². The summed E-state index contributed by atoms with van der Waals surface area (Å²) >= 11 is 0. The first kappa shape index (κ1) is 20.1. The molecule has 0 saturated heterocycles. The Kier molecular flexibility index (Phi) is 6.24. The van der Waals surface area contributed by atoms with Gasteiger partial charge in [0.15, 0.2) is 0 Å². The Bertz CT molecular complexity index is 1060. The van der Waals surface area contributed by atoms with Gasteiger partial charge in [-0.2, -0.15) is 0 Å². The van der Waals surface area contributed by atoms with Gasteiger partial charge >= 0.3 is 5.97 Å². The highest BCUT2D eigenvalue weighted by molar-refractivity contribution is 6.04. The van der Waals surface area contributed by atoms with Crippen molar-refractivity contribution in [2.24, 2.45) is 0 Å². The Balaban J connectivity index is 1.88. The van der Waals surface area contributed by atoms with Crippen molar-refractivity contribution in [2.75, 3.05) is 12.4 Å². The van der Waals surface area contributed by atoms with Gasteiger partial charge in [0.1, 0.15) is 6.04 Å². The molecule has 0 radical (unpaired) electrons. The molecule has 0 unspecified atom stereocenters. The molecule has 0 aromatic heterocycles. The largest absolute Gasteiger partial charge is 0.467 e. The van der Waals surface area contributed by atoms with Crippen molar-refractivity contribution in [3.8, 4) is 0 Å². The number of carbonyl (C=O) groups excluding carboxylic acids is 3. The third-order valence-electron chi connectivity index (χ3n) is 4.58. The molecule has 0 spiro atoms.